The molecule has 0 spiro atoms. The molecular formula is C12H12N2S. The van der Waals surface area contributed by atoms with Gasteiger partial charge in [0, 0.05) is 12.4 Å². The van der Waals surface area contributed by atoms with Crippen LogP contribution < -0.4 is 0 Å². The van der Waals surface area contributed by atoms with Crippen LogP contribution in [0, 0.1) is 0 Å². The molecule has 0 atom stereocenters. The van der Waals surface area contributed by atoms with Crippen LogP contribution >= 0.6 is 12.6 Å². The first kappa shape index (κ1) is 10.2. The predicted octanol–water partition coefficient (Wildman–Crippen LogP) is 2.62. The molecule has 2 rings (SSSR count). The van der Waals surface area contributed by atoms with Crippen LogP contribution in [0.25, 0.3) is 11.4 Å². The van der Waals surface area contributed by atoms with E-state index in [1.807, 2.05) is 24.3 Å². The van der Waals surface area contributed by atoms with Crippen LogP contribution in [-0.2, 0) is 6.42 Å². The first-order valence-electron chi connectivity index (χ1n) is 4.88. The normalized spacial score (nSPS) is 10.2. The van der Waals surface area contributed by atoms with Gasteiger partial charge in [0.05, 0.1) is 11.4 Å². The molecule has 3 heteroatoms. The molecule has 0 aliphatic carbocycles. The summed E-state index contributed by atoms with van der Waals surface area (Å²) in [5, 5.41) is 0. The van der Waals surface area contributed by atoms with Crippen LogP contribution in [0.2, 0.25) is 0 Å². The Morgan fingerprint density at radius 3 is 2.60 bits per heavy atom. The summed E-state index contributed by atoms with van der Waals surface area (Å²) in [4.78, 5) is 8.68. The number of aryl methyl sites for hydroxylation is 1. The first-order chi connectivity index (χ1) is 7.42. The van der Waals surface area contributed by atoms with Crippen molar-refractivity contribution in [2.45, 2.75) is 6.42 Å². The Balaban J connectivity index is 2.43. The Bertz CT molecular complexity index is 429. The van der Waals surface area contributed by atoms with Crippen molar-refractivity contribution in [1.82, 2.24) is 9.97 Å². The Hall–Kier alpha value is -1.35. The molecule has 0 aromatic carbocycles. The van der Waals surface area contributed by atoms with Gasteiger partial charge in [-0.3, -0.25) is 9.97 Å². The highest BCUT2D eigenvalue weighted by Gasteiger charge is 2.05. The molecule has 0 aliphatic rings. The lowest BCUT2D eigenvalue weighted by molar-refractivity contribution is 1.11. The van der Waals surface area contributed by atoms with Crippen molar-refractivity contribution >= 4 is 12.6 Å². The summed E-state index contributed by atoms with van der Waals surface area (Å²) in [7, 11) is 0. The molecule has 15 heavy (non-hydrogen) atoms. The monoisotopic (exact) mass is 216 g/mol. The molecule has 0 saturated heterocycles. The summed E-state index contributed by atoms with van der Waals surface area (Å²) >= 11 is 4.24. The van der Waals surface area contributed by atoms with E-state index in [1.54, 1.807) is 12.4 Å². The minimum atomic E-state index is 0.825. The maximum Gasteiger partial charge on any atom is 0.0918 e. The molecule has 2 aromatic heterocycles. The van der Waals surface area contributed by atoms with E-state index < -0.39 is 0 Å². The molecule has 0 bridgehead atoms. The number of hydrogen-bond acceptors (Lipinski definition) is 3. The Morgan fingerprint density at radius 1 is 1.00 bits per heavy atom. The van der Waals surface area contributed by atoms with Crippen LogP contribution in [-0.4, -0.2) is 15.7 Å². The van der Waals surface area contributed by atoms with Gasteiger partial charge in [0.15, 0.2) is 0 Å². The second-order valence-electron chi connectivity index (χ2n) is 3.20. The van der Waals surface area contributed by atoms with Crippen molar-refractivity contribution in [3.63, 3.8) is 0 Å². The van der Waals surface area contributed by atoms with Crippen LogP contribution in [0.1, 0.15) is 5.56 Å². The Labute approximate surface area is 94.8 Å². The van der Waals surface area contributed by atoms with Crippen molar-refractivity contribution in [2.75, 3.05) is 5.75 Å². The van der Waals surface area contributed by atoms with E-state index in [1.165, 1.54) is 5.56 Å². The second kappa shape index (κ2) is 4.94. The minimum Gasteiger partial charge on any atom is -0.255 e. The summed E-state index contributed by atoms with van der Waals surface area (Å²) in [5.74, 6) is 0.825. The lowest BCUT2D eigenvalue weighted by atomic mass is 10.1. The zero-order chi connectivity index (χ0) is 10.5. The quantitative estimate of drug-likeness (QED) is 0.798. The van der Waals surface area contributed by atoms with Gasteiger partial charge in [0.2, 0.25) is 0 Å². The fourth-order valence-electron chi connectivity index (χ4n) is 1.49. The maximum atomic E-state index is 4.37. The fourth-order valence-corrected chi connectivity index (χ4v) is 1.74. The van der Waals surface area contributed by atoms with Gasteiger partial charge in [-0.2, -0.15) is 12.6 Å². The van der Waals surface area contributed by atoms with Crippen LogP contribution in [0.15, 0.2) is 42.7 Å². The molecule has 0 N–H and O–H groups in total. The second-order valence-corrected chi connectivity index (χ2v) is 3.65. The molecule has 2 aromatic rings. The van der Waals surface area contributed by atoms with Crippen LogP contribution in [0.3, 0.4) is 0 Å². The molecule has 0 amide bonds. The van der Waals surface area contributed by atoms with Crippen molar-refractivity contribution in [2.24, 2.45) is 0 Å². The van der Waals surface area contributed by atoms with Gasteiger partial charge in [0.25, 0.3) is 0 Å². The fraction of sp³-hybridized carbons (Fsp3) is 0.167. The van der Waals surface area contributed by atoms with Gasteiger partial charge in [-0.05, 0) is 35.9 Å². The van der Waals surface area contributed by atoms with Crippen molar-refractivity contribution in [3.8, 4) is 11.4 Å². The molecular weight excluding hydrogens is 204 g/mol. The number of pyridine rings is 2. The Morgan fingerprint density at radius 2 is 1.87 bits per heavy atom. The smallest absolute Gasteiger partial charge is 0.0918 e. The lowest BCUT2D eigenvalue weighted by Crippen LogP contribution is -1.95. The van der Waals surface area contributed by atoms with E-state index in [0.717, 1.165) is 23.6 Å². The summed E-state index contributed by atoms with van der Waals surface area (Å²) in [6.07, 6.45) is 4.50. The highest BCUT2D eigenvalue weighted by molar-refractivity contribution is 7.80. The largest absolute Gasteiger partial charge is 0.255 e. The molecule has 2 heterocycles. The van der Waals surface area contributed by atoms with Crippen molar-refractivity contribution < 1.29 is 0 Å². The number of aromatic nitrogens is 2. The highest BCUT2D eigenvalue weighted by atomic mass is 32.1. The average Bonchev–Trinajstić information content (AvgIpc) is 2.31. The minimum absolute atomic E-state index is 0.825. The molecule has 0 saturated carbocycles. The summed E-state index contributed by atoms with van der Waals surface area (Å²) in [6.45, 7) is 0. The van der Waals surface area contributed by atoms with Crippen LogP contribution in [0.5, 0.6) is 0 Å². The van der Waals surface area contributed by atoms with E-state index in [-0.39, 0.29) is 0 Å². The zero-order valence-electron chi connectivity index (χ0n) is 8.30. The number of rotatable bonds is 3. The molecule has 0 aliphatic heterocycles. The van der Waals surface area contributed by atoms with E-state index in [9.17, 15) is 0 Å². The Kier molecular flexibility index (Phi) is 3.35. The molecule has 76 valence electrons. The SMILES string of the molecule is SCCc1cccnc1-c1ccccn1. The van der Waals surface area contributed by atoms with E-state index in [2.05, 4.69) is 28.7 Å². The van der Waals surface area contributed by atoms with Crippen molar-refractivity contribution in [3.05, 3.63) is 48.3 Å². The summed E-state index contributed by atoms with van der Waals surface area (Å²) in [5.41, 5.74) is 3.09. The molecule has 0 radical (unpaired) electrons. The van der Waals surface area contributed by atoms with E-state index in [4.69, 9.17) is 0 Å². The topological polar surface area (TPSA) is 25.8 Å². The third-order valence-electron chi connectivity index (χ3n) is 2.18. The molecule has 2 nitrogen and oxygen atoms in total. The predicted molar refractivity (Wildman–Crippen MR) is 65.0 cm³/mol. The van der Waals surface area contributed by atoms with Gasteiger partial charge >= 0.3 is 0 Å². The van der Waals surface area contributed by atoms with Gasteiger partial charge in [-0.15, -0.1) is 0 Å². The van der Waals surface area contributed by atoms with E-state index >= 15 is 0 Å². The number of thiol groups is 1. The zero-order valence-corrected chi connectivity index (χ0v) is 9.19. The number of nitrogens with zero attached hydrogens (tertiary/aromatic N) is 2. The summed E-state index contributed by atoms with van der Waals surface area (Å²) in [6, 6.07) is 9.88. The molecule has 0 fully saturated rings. The standard InChI is InChI=1S/C12H12N2S/c15-9-6-10-4-3-8-14-12(10)11-5-1-2-7-13-11/h1-5,7-8,15H,6,9H2. The van der Waals surface area contributed by atoms with Gasteiger partial charge in [-0.1, -0.05) is 12.1 Å². The number of hydrogen-bond donors (Lipinski definition) is 1. The lowest BCUT2D eigenvalue weighted by Gasteiger charge is -2.05. The molecule has 0 unspecified atom stereocenters. The van der Waals surface area contributed by atoms with E-state index in [0.29, 0.717) is 0 Å². The first-order valence-corrected chi connectivity index (χ1v) is 5.51. The van der Waals surface area contributed by atoms with Gasteiger partial charge < -0.3 is 0 Å². The third-order valence-corrected chi connectivity index (χ3v) is 2.40. The van der Waals surface area contributed by atoms with Gasteiger partial charge in [-0.25, -0.2) is 0 Å². The average molecular weight is 216 g/mol. The van der Waals surface area contributed by atoms with Crippen LogP contribution in [0.4, 0.5) is 0 Å². The summed E-state index contributed by atoms with van der Waals surface area (Å²) < 4.78 is 0. The maximum absolute atomic E-state index is 4.37. The van der Waals surface area contributed by atoms with Crippen molar-refractivity contribution in [1.29, 1.82) is 0 Å². The van der Waals surface area contributed by atoms with Gasteiger partial charge in [0.1, 0.15) is 0 Å². The highest BCUT2D eigenvalue weighted by Crippen LogP contribution is 2.18. The third kappa shape index (κ3) is 2.36.